The van der Waals surface area contributed by atoms with Crippen molar-refractivity contribution in [1.29, 1.82) is 0 Å². The number of imidazole rings is 1. The van der Waals surface area contributed by atoms with Crippen molar-refractivity contribution in [3.8, 4) is 0 Å². The van der Waals surface area contributed by atoms with E-state index >= 15 is 0 Å². The first kappa shape index (κ1) is 23.5. The summed E-state index contributed by atoms with van der Waals surface area (Å²) in [6, 6.07) is 16.4. The van der Waals surface area contributed by atoms with E-state index in [0.717, 1.165) is 25.0 Å². The maximum Gasteiger partial charge on any atom is 0.410 e. The van der Waals surface area contributed by atoms with Gasteiger partial charge < -0.3 is 9.84 Å². The minimum Gasteiger partial charge on any atom is -0.445 e. The number of benzene rings is 2. The third-order valence-corrected chi connectivity index (χ3v) is 6.52. The van der Waals surface area contributed by atoms with Crippen LogP contribution in [0.1, 0.15) is 22.5 Å². The molecule has 0 radical (unpaired) electrons. The van der Waals surface area contributed by atoms with Gasteiger partial charge in [-0.2, -0.15) is 12.7 Å². The highest BCUT2D eigenvalue weighted by molar-refractivity contribution is 7.87. The molecule has 3 aromatic rings. The van der Waals surface area contributed by atoms with Gasteiger partial charge >= 0.3 is 16.3 Å². The number of hydrogen-bond acceptors (Lipinski definition) is 6. The highest BCUT2D eigenvalue weighted by atomic mass is 32.2. The number of nitrogens with zero attached hydrogens (tertiary/aromatic N) is 4. The van der Waals surface area contributed by atoms with E-state index in [-0.39, 0.29) is 32.1 Å². The fourth-order valence-electron chi connectivity index (χ4n) is 2.96. The molecule has 9 nitrogen and oxygen atoms in total. The molecule has 0 unspecified atom stereocenters. The van der Waals surface area contributed by atoms with Crippen LogP contribution in [0, 0.1) is 0 Å². The predicted octanol–water partition coefficient (Wildman–Crippen LogP) is 2.37. The molecule has 0 aliphatic carbocycles. The average Bonchev–Trinajstić information content (AvgIpc) is 3.27. The van der Waals surface area contributed by atoms with Crippen LogP contribution in [-0.4, -0.2) is 51.9 Å². The van der Waals surface area contributed by atoms with Crippen molar-refractivity contribution in [2.45, 2.75) is 26.3 Å². The first-order chi connectivity index (χ1) is 15.3. The molecule has 0 atom stereocenters. The van der Waals surface area contributed by atoms with Crippen molar-refractivity contribution in [3.63, 3.8) is 0 Å². The van der Waals surface area contributed by atoms with Gasteiger partial charge in [0.1, 0.15) is 12.4 Å². The molecule has 1 N–H and O–H groups in total. The zero-order chi connectivity index (χ0) is 23.1. The molecular formula is C22H26N4O5S. The van der Waals surface area contributed by atoms with Crippen LogP contribution in [-0.2, 0) is 41.2 Å². The number of aliphatic hydroxyl groups excluding tert-OH is 1. The van der Waals surface area contributed by atoms with Crippen molar-refractivity contribution < 1.29 is 23.1 Å². The van der Waals surface area contributed by atoms with Crippen LogP contribution >= 0.6 is 0 Å². The van der Waals surface area contributed by atoms with Crippen LogP contribution in [0.15, 0.2) is 67.0 Å². The molecule has 10 heteroatoms. The van der Waals surface area contributed by atoms with E-state index in [9.17, 15) is 18.3 Å². The Morgan fingerprint density at radius 2 is 1.66 bits per heavy atom. The molecule has 0 saturated heterocycles. The van der Waals surface area contributed by atoms with Crippen molar-refractivity contribution in [1.82, 2.24) is 18.2 Å². The minimum atomic E-state index is -3.79. The Labute approximate surface area is 187 Å². The zero-order valence-electron chi connectivity index (χ0n) is 18.0. The summed E-state index contributed by atoms with van der Waals surface area (Å²) in [7, 11) is -0.943. The molecule has 1 heterocycles. The third kappa shape index (κ3) is 5.72. The largest absolute Gasteiger partial charge is 0.445 e. The molecule has 0 fully saturated rings. The van der Waals surface area contributed by atoms with Gasteiger partial charge in [0, 0.05) is 33.0 Å². The summed E-state index contributed by atoms with van der Waals surface area (Å²) < 4.78 is 32.8. The quantitative estimate of drug-likeness (QED) is 0.528. The normalized spacial score (nSPS) is 11.5. The molecule has 1 amide bonds. The van der Waals surface area contributed by atoms with E-state index in [4.69, 9.17) is 4.74 Å². The number of carbonyl (C=O) groups is 1. The van der Waals surface area contributed by atoms with Gasteiger partial charge in [-0.25, -0.2) is 13.8 Å². The Balaban J connectivity index is 1.83. The summed E-state index contributed by atoms with van der Waals surface area (Å²) in [5.74, 6) is 0.183. The van der Waals surface area contributed by atoms with E-state index in [1.54, 1.807) is 24.3 Å². The van der Waals surface area contributed by atoms with E-state index in [2.05, 4.69) is 4.98 Å². The van der Waals surface area contributed by atoms with E-state index in [1.165, 1.54) is 31.4 Å². The summed E-state index contributed by atoms with van der Waals surface area (Å²) in [5, 5.41) is 9.24. The summed E-state index contributed by atoms with van der Waals surface area (Å²) in [4.78, 5) is 18.5. The van der Waals surface area contributed by atoms with Gasteiger partial charge in [0.15, 0.2) is 0 Å². The second-order valence-electron chi connectivity index (χ2n) is 7.30. The monoisotopic (exact) mass is 458 g/mol. The Morgan fingerprint density at radius 3 is 2.28 bits per heavy atom. The Hall–Kier alpha value is -3.21. The molecule has 0 aliphatic heterocycles. The smallest absolute Gasteiger partial charge is 0.410 e. The lowest BCUT2D eigenvalue weighted by molar-refractivity contribution is 0.0900. The van der Waals surface area contributed by atoms with Gasteiger partial charge in [0.2, 0.25) is 0 Å². The molecule has 0 aliphatic rings. The van der Waals surface area contributed by atoms with Crippen LogP contribution < -0.4 is 0 Å². The Kier molecular flexibility index (Phi) is 7.62. The highest BCUT2D eigenvalue weighted by Crippen LogP contribution is 2.15. The second-order valence-corrected chi connectivity index (χ2v) is 9.32. The second kappa shape index (κ2) is 10.4. The fourth-order valence-corrected chi connectivity index (χ4v) is 3.89. The number of hydrogen-bond donors (Lipinski definition) is 1. The van der Waals surface area contributed by atoms with Crippen molar-refractivity contribution in [2.24, 2.45) is 0 Å². The van der Waals surface area contributed by atoms with Gasteiger partial charge in [0.05, 0.1) is 13.2 Å². The van der Waals surface area contributed by atoms with E-state index in [1.807, 2.05) is 30.3 Å². The SMILES string of the molecule is CN(C)S(=O)(=O)n1ccnc1CN(Cc1ccc(CO)cc1)C(=O)OCc1ccccc1. The van der Waals surface area contributed by atoms with Gasteiger partial charge in [-0.1, -0.05) is 54.6 Å². The standard InChI is InChI=1S/C22H26N4O5S/c1-24(2)32(29,30)26-13-12-23-21(26)15-25(14-18-8-10-19(16-27)11-9-18)22(28)31-17-20-6-4-3-5-7-20/h3-13,27H,14-17H2,1-2H3. The van der Waals surface area contributed by atoms with Crippen LogP contribution in [0.25, 0.3) is 0 Å². The maximum absolute atomic E-state index is 12.9. The van der Waals surface area contributed by atoms with Gasteiger partial charge in [0.25, 0.3) is 0 Å². The average molecular weight is 459 g/mol. The molecular weight excluding hydrogens is 432 g/mol. The third-order valence-electron chi connectivity index (χ3n) is 4.76. The molecule has 2 aromatic carbocycles. The van der Waals surface area contributed by atoms with Crippen LogP contribution in [0.3, 0.4) is 0 Å². The lowest BCUT2D eigenvalue weighted by Crippen LogP contribution is -2.34. The summed E-state index contributed by atoms with van der Waals surface area (Å²) in [6.07, 6.45) is 2.12. The maximum atomic E-state index is 12.9. The molecule has 3 rings (SSSR count). The van der Waals surface area contributed by atoms with Gasteiger partial charge in [-0.3, -0.25) is 4.90 Å². The number of carbonyl (C=O) groups excluding carboxylic acids is 1. The lowest BCUT2D eigenvalue weighted by atomic mass is 10.1. The summed E-state index contributed by atoms with van der Waals surface area (Å²) >= 11 is 0. The molecule has 32 heavy (non-hydrogen) atoms. The van der Waals surface area contributed by atoms with Crippen molar-refractivity contribution in [3.05, 3.63) is 89.5 Å². The van der Waals surface area contributed by atoms with E-state index in [0.29, 0.717) is 0 Å². The summed E-state index contributed by atoms with van der Waals surface area (Å²) in [6.45, 7) is 0.108. The first-order valence-electron chi connectivity index (χ1n) is 9.91. The molecule has 0 bridgehead atoms. The molecule has 0 spiro atoms. The van der Waals surface area contributed by atoms with Gasteiger partial charge in [-0.15, -0.1) is 0 Å². The number of aliphatic hydroxyl groups is 1. The lowest BCUT2D eigenvalue weighted by Gasteiger charge is -2.23. The van der Waals surface area contributed by atoms with Crippen molar-refractivity contribution >= 4 is 16.3 Å². The highest BCUT2D eigenvalue weighted by Gasteiger charge is 2.24. The number of aromatic nitrogens is 2. The van der Waals surface area contributed by atoms with E-state index < -0.39 is 16.3 Å². The van der Waals surface area contributed by atoms with Crippen LogP contribution in [0.5, 0.6) is 0 Å². The van der Waals surface area contributed by atoms with Crippen LogP contribution in [0.2, 0.25) is 0 Å². The number of ether oxygens (including phenoxy) is 1. The Bertz CT molecular complexity index is 1130. The first-order valence-corrected chi connectivity index (χ1v) is 11.3. The Morgan fingerprint density at radius 1 is 1.00 bits per heavy atom. The predicted molar refractivity (Wildman–Crippen MR) is 118 cm³/mol. The van der Waals surface area contributed by atoms with Crippen molar-refractivity contribution in [2.75, 3.05) is 14.1 Å². The zero-order valence-corrected chi connectivity index (χ0v) is 18.8. The summed E-state index contributed by atoms with van der Waals surface area (Å²) in [5.41, 5.74) is 2.39. The van der Waals surface area contributed by atoms with Gasteiger partial charge in [-0.05, 0) is 16.7 Å². The molecule has 0 saturated carbocycles. The number of rotatable bonds is 9. The minimum absolute atomic E-state index is 0.0740. The number of amides is 1. The molecule has 1 aromatic heterocycles. The fraction of sp³-hybridized carbons (Fsp3) is 0.273. The van der Waals surface area contributed by atoms with Crippen LogP contribution in [0.4, 0.5) is 4.79 Å². The topological polar surface area (TPSA) is 105 Å². The molecule has 170 valence electrons.